The molecule has 0 bridgehead atoms. The van der Waals surface area contributed by atoms with Gasteiger partial charge >= 0.3 is 0 Å². The van der Waals surface area contributed by atoms with E-state index < -0.39 is 0 Å². The molecule has 0 fully saturated rings. The van der Waals surface area contributed by atoms with E-state index >= 15 is 0 Å². The zero-order valence-electron chi connectivity index (χ0n) is 9.67. The normalized spacial score (nSPS) is 12.1. The molecule has 0 saturated heterocycles. The predicted molar refractivity (Wildman–Crippen MR) is 62.6 cm³/mol. The number of rotatable bonds is 4. The highest BCUT2D eigenvalue weighted by Gasteiger charge is 2.12. The first-order chi connectivity index (χ1) is 7.20. The Morgan fingerprint density at radius 2 is 2.13 bits per heavy atom. The Labute approximate surface area is 91.9 Å². The molecule has 1 unspecified atom stereocenters. The molecule has 1 N–H and O–H groups in total. The highest BCUT2D eigenvalue weighted by atomic mass is 14.9. The fourth-order valence-corrected chi connectivity index (χ4v) is 1.60. The topological polar surface area (TPSA) is 35.8 Å². The summed E-state index contributed by atoms with van der Waals surface area (Å²) in [6.45, 7) is 7.13. The second-order valence-corrected chi connectivity index (χ2v) is 3.81. The summed E-state index contributed by atoms with van der Waals surface area (Å²) in [5, 5.41) is 12.4. The summed E-state index contributed by atoms with van der Waals surface area (Å²) < 4.78 is 0. The monoisotopic (exact) mass is 202 g/mol. The number of hydrogen-bond acceptors (Lipinski definition) is 2. The summed E-state index contributed by atoms with van der Waals surface area (Å²) >= 11 is 0. The maximum atomic E-state index is 9.11. The summed E-state index contributed by atoms with van der Waals surface area (Å²) in [5.41, 5.74) is 3.56. The van der Waals surface area contributed by atoms with Crippen molar-refractivity contribution in [3.63, 3.8) is 0 Å². The Bertz CT molecular complexity index is 363. The van der Waals surface area contributed by atoms with E-state index in [9.17, 15) is 0 Å². The van der Waals surface area contributed by atoms with Crippen LogP contribution in [0.3, 0.4) is 0 Å². The third-order valence-electron chi connectivity index (χ3n) is 2.69. The number of aryl methyl sites for hydroxylation is 1. The van der Waals surface area contributed by atoms with Gasteiger partial charge in [0.2, 0.25) is 0 Å². The Hall–Kier alpha value is -1.33. The van der Waals surface area contributed by atoms with Crippen LogP contribution in [0.15, 0.2) is 18.2 Å². The number of nitriles is 1. The molecule has 15 heavy (non-hydrogen) atoms. The quantitative estimate of drug-likeness (QED) is 0.815. The molecule has 2 heteroatoms. The van der Waals surface area contributed by atoms with E-state index in [1.807, 2.05) is 12.1 Å². The molecule has 1 aromatic rings. The first-order valence-corrected chi connectivity index (χ1v) is 5.39. The van der Waals surface area contributed by atoms with Crippen molar-refractivity contribution in [1.82, 2.24) is 5.32 Å². The molecule has 0 heterocycles. The lowest BCUT2D eigenvalue weighted by atomic mass is 9.98. The van der Waals surface area contributed by atoms with Crippen LogP contribution in [0.4, 0.5) is 0 Å². The van der Waals surface area contributed by atoms with Gasteiger partial charge < -0.3 is 0 Å². The van der Waals surface area contributed by atoms with Crippen LogP contribution in [0.2, 0.25) is 0 Å². The van der Waals surface area contributed by atoms with E-state index in [2.05, 4.69) is 38.2 Å². The second kappa shape index (κ2) is 5.53. The largest absolute Gasteiger partial charge is 0.298 e. The molecule has 0 aliphatic heterocycles. The molecule has 1 rings (SSSR count). The molecular weight excluding hydrogens is 184 g/mol. The zero-order valence-corrected chi connectivity index (χ0v) is 9.67. The average molecular weight is 202 g/mol. The van der Waals surface area contributed by atoms with Crippen LogP contribution in [0.25, 0.3) is 0 Å². The molecule has 0 saturated carbocycles. The number of nitrogens with zero attached hydrogens (tertiary/aromatic N) is 1. The van der Waals surface area contributed by atoms with Gasteiger partial charge in [-0.15, -0.1) is 0 Å². The van der Waals surface area contributed by atoms with Gasteiger partial charge in [0.15, 0.2) is 0 Å². The van der Waals surface area contributed by atoms with Gasteiger partial charge in [-0.3, -0.25) is 5.32 Å². The SMILES string of the molecule is CCCNC(C#N)c1cccc(C)c1C. The molecule has 0 aliphatic rings. The molecule has 2 nitrogen and oxygen atoms in total. The van der Waals surface area contributed by atoms with Crippen LogP contribution in [-0.4, -0.2) is 6.54 Å². The van der Waals surface area contributed by atoms with Gasteiger partial charge in [-0.1, -0.05) is 25.1 Å². The molecule has 1 aromatic carbocycles. The van der Waals surface area contributed by atoms with Crippen LogP contribution in [0.5, 0.6) is 0 Å². The molecule has 1 atom stereocenters. The Morgan fingerprint density at radius 1 is 1.40 bits per heavy atom. The van der Waals surface area contributed by atoms with Gasteiger partial charge in [0.05, 0.1) is 6.07 Å². The maximum Gasteiger partial charge on any atom is 0.121 e. The number of benzene rings is 1. The lowest BCUT2D eigenvalue weighted by Crippen LogP contribution is -2.21. The molecule has 0 radical (unpaired) electrons. The minimum Gasteiger partial charge on any atom is -0.298 e. The standard InChI is InChI=1S/C13H18N2/c1-4-8-15-13(9-14)12-7-5-6-10(2)11(12)3/h5-7,13,15H,4,8H2,1-3H3. The fraction of sp³-hybridized carbons (Fsp3) is 0.462. The predicted octanol–water partition coefficient (Wildman–Crippen LogP) is 2.87. The van der Waals surface area contributed by atoms with Crippen LogP contribution in [0.1, 0.15) is 36.1 Å². The Morgan fingerprint density at radius 3 is 2.73 bits per heavy atom. The van der Waals surface area contributed by atoms with Gasteiger partial charge in [0.1, 0.15) is 6.04 Å². The first-order valence-electron chi connectivity index (χ1n) is 5.39. The molecule has 0 aromatic heterocycles. The molecular formula is C13H18N2. The van der Waals surface area contributed by atoms with E-state index in [0.29, 0.717) is 0 Å². The van der Waals surface area contributed by atoms with Gasteiger partial charge in [-0.05, 0) is 43.5 Å². The van der Waals surface area contributed by atoms with Gasteiger partial charge in [-0.2, -0.15) is 5.26 Å². The average Bonchev–Trinajstić information content (AvgIpc) is 2.25. The van der Waals surface area contributed by atoms with Crippen molar-refractivity contribution in [1.29, 1.82) is 5.26 Å². The third-order valence-corrected chi connectivity index (χ3v) is 2.69. The van der Waals surface area contributed by atoms with E-state index in [-0.39, 0.29) is 6.04 Å². The lowest BCUT2D eigenvalue weighted by molar-refractivity contribution is 0.618. The van der Waals surface area contributed by atoms with Crippen molar-refractivity contribution in [3.05, 3.63) is 34.9 Å². The van der Waals surface area contributed by atoms with Gasteiger partial charge in [0, 0.05) is 0 Å². The van der Waals surface area contributed by atoms with Crippen molar-refractivity contribution in [3.8, 4) is 6.07 Å². The van der Waals surface area contributed by atoms with E-state index in [1.165, 1.54) is 11.1 Å². The highest BCUT2D eigenvalue weighted by molar-refractivity contribution is 5.37. The smallest absolute Gasteiger partial charge is 0.121 e. The van der Waals surface area contributed by atoms with Crippen LogP contribution in [0, 0.1) is 25.2 Å². The van der Waals surface area contributed by atoms with Gasteiger partial charge in [0.25, 0.3) is 0 Å². The summed E-state index contributed by atoms with van der Waals surface area (Å²) in [6, 6.07) is 8.25. The van der Waals surface area contributed by atoms with Crippen LogP contribution >= 0.6 is 0 Å². The summed E-state index contributed by atoms with van der Waals surface area (Å²) in [7, 11) is 0. The fourth-order valence-electron chi connectivity index (χ4n) is 1.60. The minimum absolute atomic E-state index is 0.176. The van der Waals surface area contributed by atoms with E-state index in [0.717, 1.165) is 18.5 Å². The maximum absolute atomic E-state index is 9.11. The molecule has 0 aliphatic carbocycles. The minimum atomic E-state index is -0.176. The third kappa shape index (κ3) is 2.81. The zero-order chi connectivity index (χ0) is 11.3. The Kier molecular flexibility index (Phi) is 4.33. The second-order valence-electron chi connectivity index (χ2n) is 3.81. The van der Waals surface area contributed by atoms with Crippen molar-refractivity contribution >= 4 is 0 Å². The van der Waals surface area contributed by atoms with Crippen molar-refractivity contribution in [2.24, 2.45) is 0 Å². The lowest BCUT2D eigenvalue weighted by Gasteiger charge is -2.15. The first kappa shape index (κ1) is 11.7. The summed E-state index contributed by atoms with van der Waals surface area (Å²) in [6.07, 6.45) is 1.04. The molecule has 0 spiro atoms. The van der Waals surface area contributed by atoms with Crippen LogP contribution in [-0.2, 0) is 0 Å². The van der Waals surface area contributed by atoms with Gasteiger partial charge in [-0.25, -0.2) is 0 Å². The van der Waals surface area contributed by atoms with Crippen LogP contribution < -0.4 is 5.32 Å². The number of nitrogens with one attached hydrogen (secondary N) is 1. The number of hydrogen-bond donors (Lipinski definition) is 1. The van der Waals surface area contributed by atoms with E-state index in [4.69, 9.17) is 5.26 Å². The Balaban J connectivity index is 2.93. The highest BCUT2D eigenvalue weighted by Crippen LogP contribution is 2.19. The van der Waals surface area contributed by atoms with E-state index in [1.54, 1.807) is 0 Å². The summed E-state index contributed by atoms with van der Waals surface area (Å²) in [5.74, 6) is 0. The molecule has 0 amide bonds. The van der Waals surface area contributed by atoms with Crippen molar-refractivity contribution < 1.29 is 0 Å². The van der Waals surface area contributed by atoms with Crippen molar-refractivity contribution in [2.75, 3.05) is 6.54 Å². The summed E-state index contributed by atoms with van der Waals surface area (Å²) in [4.78, 5) is 0. The molecule has 80 valence electrons. The van der Waals surface area contributed by atoms with Crippen molar-refractivity contribution in [2.45, 2.75) is 33.2 Å².